The highest BCUT2D eigenvalue weighted by Crippen LogP contribution is 2.30. The Balaban J connectivity index is 0.000000232. The first kappa shape index (κ1) is 74.0. The van der Waals surface area contributed by atoms with Crippen molar-refractivity contribution in [2.45, 2.75) is 40.5 Å². The predicted octanol–water partition coefficient (Wildman–Crippen LogP) is 17.1. The average molecular weight is 1300 g/mol. The Labute approximate surface area is 554 Å². The van der Waals surface area contributed by atoms with Gasteiger partial charge in [0.05, 0.1) is 0 Å². The fourth-order valence-electron chi connectivity index (χ4n) is 7.40. The van der Waals surface area contributed by atoms with Gasteiger partial charge in [-0.1, -0.05) is 164 Å². The lowest BCUT2D eigenvalue weighted by atomic mass is 10.1. The topological polar surface area (TPSA) is 210 Å². The molecule has 96 heavy (non-hydrogen) atoms. The van der Waals surface area contributed by atoms with Crippen LogP contribution in [0.15, 0.2) is 293 Å². The Kier molecular flexibility index (Phi) is 28.5. The van der Waals surface area contributed by atoms with Crippen molar-refractivity contribution in [1.82, 2.24) is 0 Å². The minimum Gasteiger partial charge on any atom is -0.423 e. The second-order valence-corrected chi connectivity index (χ2v) is 20.1. The Morgan fingerprint density at radius 2 is 0.438 bits per heavy atom. The molecule has 0 N–H and O–H groups in total. The average Bonchev–Trinajstić information content (AvgIpc) is 0.910. The predicted molar refractivity (Wildman–Crippen MR) is 362 cm³/mol. The van der Waals surface area contributed by atoms with Crippen molar-refractivity contribution < 1.29 is 85.0 Å². The Hall–Kier alpha value is -12.7. The molecule has 0 amide bonds. The summed E-state index contributed by atoms with van der Waals surface area (Å²) in [6.45, 7) is 33.7. The summed E-state index contributed by atoms with van der Waals surface area (Å²) in [7, 11) is 0. The first-order valence-electron chi connectivity index (χ1n) is 29.0. The molecule has 18 heteroatoms. The second-order valence-electron chi connectivity index (χ2n) is 20.1. The van der Waals surface area contributed by atoms with E-state index in [1.54, 1.807) is 111 Å². The third-order valence-electron chi connectivity index (χ3n) is 12.8. The van der Waals surface area contributed by atoms with E-state index in [0.29, 0.717) is 69.6 Å². The van der Waals surface area contributed by atoms with Crippen molar-refractivity contribution in [3.63, 3.8) is 0 Å². The van der Waals surface area contributed by atoms with Crippen molar-refractivity contribution in [2.24, 2.45) is 0 Å². The fraction of sp³-hybridized carbons (Fsp3) is 0.0769. The van der Waals surface area contributed by atoms with Gasteiger partial charge < -0.3 is 37.9 Å². The molecule has 0 fully saturated rings. The van der Waals surface area contributed by atoms with Crippen molar-refractivity contribution in [2.75, 3.05) is 0 Å². The van der Waals surface area contributed by atoms with Gasteiger partial charge in [0.15, 0.2) is 0 Å². The fourth-order valence-corrected chi connectivity index (χ4v) is 7.40. The number of carbonyl (C=O) groups excluding carboxylic acids is 8. The van der Waals surface area contributed by atoms with Crippen LogP contribution in [-0.4, -0.2) is 47.8 Å². The SMILES string of the molecule is C=C(C)C(=O)Oc1ccc(-c2ccc(OC(=O)C(=C)CC)cc2)cc1.C=C(F)C(=O)Oc1ccc(-c2ccc(OC(=O)C(=C)F)cc2)cc1.C=CC(=O)Oc1ccc(-c2ccc(OC(=O)C(=C)C)cc2)cc1.C=CC(=O)Oc1ccc(-c2ccc(OC(=O)C(=C)CC)cc2)cc1. The summed E-state index contributed by atoms with van der Waals surface area (Å²) in [4.78, 5) is 90.7. The molecule has 0 aliphatic heterocycles. The quantitative estimate of drug-likeness (QED) is 0.0351. The van der Waals surface area contributed by atoms with Crippen molar-refractivity contribution in [3.05, 3.63) is 293 Å². The number of rotatable bonds is 22. The first-order valence-corrected chi connectivity index (χ1v) is 29.0. The summed E-state index contributed by atoms with van der Waals surface area (Å²) in [5.74, 6) is -4.29. The van der Waals surface area contributed by atoms with Crippen LogP contribution in [0.25, 0.3) is 44.5 Å². The molecule has 488 valence electrons. The third kappa shape index (κ3) is 24.2. The van der Waals surface area contributed by atoms with Gasteiger partial charge in [0.1, 0.15) is 46.0 Å². The van der Waals surface area contributed by atoms with Gasteiger partial charge in [-0.15, -0.1) is 0 Å². The Bertz CT molecular complexity index is 4120. The molecule has 8 rings (SSSR count). The number of esters is 8. The standard InChI is InChI=1S/C21H20O4.C20H18O4.C19H16O4.C18H12F2O4/c1-5-15(4)21(23)25-19-12-8-17(9-13-19)16-6-10-18(11-7-16)24-20(22)14(2)3;1-4-14(3)20(22)24-18-12-8-16(9-13-18)15-6-10-17(11-7-15)23-19(21)5-2;1-4-18(20)22-16-9-5-14(6-10-16)15-7-11-17(12-8-15)23-19(21)13(2)3;1-11(19)17(21)23-15-7-3-13(4-8-15)14-5-9-16(10-6-14)24-18(22)12(2)20/h6-13H,2,4-5H2,1,3H3;5-13H,2-4H2,1H3;4-12H,1-2H2,3H3;3-10H,1-2H2. The lowest BCUT2D eigenvalue weighted by Crippen LogP contribution is -2.09. The summed E-state index contributed by atoms with van der Waals surface area (Å²) in [6, 6.07) is 55.3. The molecular weight excluding hydrogens is 1230 g/mol. The van der Waals surface area contributed by atoms with E-state index >= 15 is 0 Å². The molecule has 0 unspecified atom stereocenters. The maximum Gasteiger partial charge on any atom is 0.371 e. The highest BCUT2D eigenvalue weighted by atomic mass is 19.1. The first-order chi connectivity index (χ1) is 45.8. The van der Waals surface area contributed by atoms with E-state index in [1.807, 2.05) is 86.6 Å². The number of ether oxygens (including phenoxy) is 8. The molecule has 0 saturated heterocycles. The van der Waals surface area contributed by atoms with E-state index in [2.05, 4.69) is 52.6 Å². The maximum atomic E-state index is 12.6. The van der Waals surface area contributed by atoms with Gasteiger partial charge in [0, 0.05) is 34.4 Å². The molecule has 16 nitrogen and oxygen atoms in total. The number of halogens is 2. The van der Waals surface area contributed by atoms with Crippen LogP contribution < -0.4 is 37.9 Å². The van der Waals surface area contributed by atoms with Crippen LogP contribution in [0.2, 0.25) is 0 Å². The van der Waals surface area contributed by atoms with E-state index in [1.165, 1.54) is 24.3 Å². The van der Waals surface area contributed by atoms with Crippen LogP contribution in [0.3, 0.4) is 0 Å². The van der Waals surface area contributed by atoms with Crippen LogP contribution in [0.5, 0.6) is 46.0 Å². The van der Waals surface area contributed by atoms with Crippen LogP contribution >= 0.6 is 0 Å². The van der Waals surface area contributed by atoms with E-state index in [0.717, 1.165) is 56.7 Å². The summed E-state index contributed by atoms with van der Waals surface area (Å²) in [5.41, 5.74) is 8.81. The van der Waals surface area contributed by atoms with Gasteiger partial charge in [-0.2, -0.15) is 8.78 Å². The molecular formula is C78H66F2O16. The van der Waals surface area contributed by atoms with E-state index in [-0.39, 0.29) is 11.5 Å². The summed E-state index contributed by atoms with van der Waals surface area (Å²) in [5, 5.41) is 0. The summed E-state index contributed by atoms with van der Waals surface area (Å²) < 4.78 is 65.4. The lowest BCUT2D eigenvalue weighted by Gasteiger charge is -2.08. The maximum absolute atomic E-state index is 12.6. The van der Waals surface area contributed by atoms with Crippen LogP contribution in [0, 0.1) is 0 Å². The van der Waals surface area contributed by atoms with Gasteiger partial charge in [0.25, 0.3) is 0 Å². The van der Waals surface area contributed by atoms with Gasteiger partial charge in [0.2, 0.25) is 11.7 Å². The number of carbonyl (C=O) groups is 8. The minimum absolute atomic E-state index is 0.176. The van der Waals surface area contributed by atoms with Gasteiger partial charge in [-0.25, -0.2) is 38.4 Å². The molecule has 0 bridgehead atoms. The monoisotopic (exact) mass is 1300 g/mol. The van der Waals surface area contributed by atoms with Crippen molar-refractivity contribution >= 4 is 47.8 Å². The third-order valence-corrected chi connectivity index (χ3v) is 12.8. The van der Waals surface area contributed by atoms with Crippen molar-refractivity contribution in [1.29, 1.82) is 0 Å². The van der Waals surface area contributed by atoms with Gasteiger partial charge >= 0.3 is 47.8 Å². The second kappa shape index (κ2) is 37.0. The highest BCUT2D eigenvalue weighted by molar-refractivity contribution is 5.92. The summed E-state index contributed by atoms with van der Waals surface area (Å²) in [6.07, 6.45) is 3.33. The number of hydrogen-bond acceptors (Lipinski definition) is 16. The van der Waals surface area contributed by atoms with Crippen LogP contribution in [0.1, 0.15) is 40.5 Å². The molecule has 0 radical (unpaired) electrons. The largest absolute Gasteiger partial charge is 0.423 e. The zero-order valence-corrected chi connectivity index (χ0v) is 53.0. The van der Waals surface area contributed by atoms with Crippen LogP contribution in [0.4, 0.5) is 8.78 Å². The smallest absolute Gasteiger partial charge is 0.371 e. The van der Waals surface area contributed by atoms with Gasteiger partial charge in [-0.3, -0.25) is 0 Å². The molecule has 0 atom stereocenters. The van der Waals surface area contributed by atoms with Crippen LogP contribution in [-0.2, 0) is 38.4 Å². The Morgan fingerprint density at radius 1 is 0.281 bits per heavy atom. The normalized spacial score (nSPS) is 9.90. The van der Waals surface area contributed by atoms with E-state index in [4.69, 9.17) is 37.9 Å². The van der Waals surface area contributed by atoms with E-state index < -0.39 is 59.4 Å². The summed E-state index contributed by atoms with van der Waals surface area (Å²) >= 11 is 0. The molecule has 0 spiro atoms. The molecule has 8 aromatic rings. The molecule has 0 aliphatic carbocycles. The molecule has 0 heterocycles. The zero-order chi connectivity index (χ0) is 70.4. The van der Waals surface area contributed by atoms with Crippen molar-refractivity contribution in [3.8, 4) is 90.5 Å². The van der Waals surface area contributed by atoms with E-state index in [9.17, 15) is 47.1 Å². The zero-order valence-electron chi connectivity index (χ0n) is 53.0. The highest BCUT2D eigenvalue weighted by Gasteiger charge is 2.14. The molecule has 0 aromatic heterocycles. The van der Waals surface area contributed by atoms with Gasteiger partial charge in [-0.05, 0) is 168 Å². The molecule has 8 aromatic carbocycles. The minimum atomic E-state index is -1.18. The number of hydrogen-bond donors (Lipinski definition) is 0. The number of benzene rings is 8. The molecule has 0 saturated carbocycles. The molecule has 0 aliphatic rings. The lowest BCUT2D eigenvalue weighted by molar-refractivity contribution is -0.132. The Morgan fingerprint density at radius 3 is 0.583 bits per heavy atom.